The van der Waals surface area contributed by atoms with Gasteiger partial charge in [-0.05, 0) is 119 Å². The molecule has 11 heteroatoms. The number of nitrogens with zero attached hydrogens (tertiary/aromatic N) is 2. The van der Waals surface area contributed by atoms with Crippen LogP contribution in [0.4, 0.5) is 11.4 Å². The third kappa shape index (κ3) is 41.1. The Balaban J connectivity index is -0.00000116. The maximum atomic E-state index is 12.2. The second kappa shape index (κ2) is 54.0. The monoisotopic (exact) mass is 1130 g/mol. The van der Waals surface area contributed by atoms with Crippen LogP contribution in [0.1, 0.15) is 183 Å². The standard InChI is InChI=1S/C29H34N2O3.C24H26N2O2.C5H9ClO.6C2H6/c1-22(2)20-29(33)31-27-7-3-4-8-28(27)34-19-17-24-11-9-23(10-12-24)13-15-26(32)16-14-25-6-5-18-30-21-25;25-23-5-1-2-6-24(23)28-17-15-20-9-7-19(8-10-20)11-13-22(27)14-12-21-4-3-16-26-18-21;1-4(2)3-5(6)7;6*1-2/h3-12,18,21-22H,13-17,19-20H2,1-2H3,(H,31,33);1-10,16,18H,11-15,17,25H2;4H,3H2,1-2H3;6*1-2H3. The molecule has 0 aliphatic rings. The number of hydrogen-bond acceptors (Lipinski definition) is 9. The number of ketones is 2. The summed E-state index contributed by atoms with van der Waals surface area (Å²) in [6, 6.07) is 39.6. The molecule has 6 aromatic rings. The fraction of sp³-hybridized carbons (Fsp3) is 0.457. The third-order valence-electron chi connectivity index (χ3n) is 10.8. The Bertz CT molecular complexity index is 2430. The fourth-order valence-corrected chi connectivity index (χ4v) is 7.29. The highest BCUT2D eigenvalue weighted by Gasteiger charge is 2.11. The maximum absolute atomic E-state index is 12.2. The van der Waals surface area contributed by atoms with Gasteiger partial charge in [-0.25, -0.2) is 0 Å². The lowest BCUT2D eigenvalue weighted by Crippen LogP contribution is -2.15. The van der Waals surface area contributed by atoms with Crippen molar-refractivity contribution in [2.24, 2.45) is 11.8 Å². The first-order chi connectivity index (χ1) is 39.3. The van der Waals surface area contributed by atoms with E-state index < -0.39 is 0 Å². The number of nitrogens with two attached hydrogens (primary N) is 1. The summed E-state index contributed by atoms with van der Waals surface area (Å²) in [5.41, 5.74) is 14.2. The van der Waals surface area contributed by atoms with Gasteiger partial charge in [0.1, 0.15) is 23.1 Å². The van der Waals surface area contributed by atoms with Crippen molar-refractivity contribution in [2.75, 3.05) is 24.3 Å². The number of nitrogen functional groups attached to an aromatic ring is 1. The number of Topliss-reactive ketones (excluding diaryl/α,β-unsaturated/α-hetero) is 2. The van der Waals surface area contributed by atoms with E-state index in [1.54, 1.807) is 12.4 Å². The molecule has 0 unspecified atom stereocenters. The fourth-order valence-electron chi connectivity index (χ4n) is 6.98. The van der Waals surface area contributed by atoms with Crippen molar-refractivity contribution in [3.63, 3.8) is 0 Å². The Labute approximate surface area is 496 Å². The molecule has 4 aromatic carbocycles. The predicted molar refractivity (Wildman–Crippen MR) is 347 cm³/mol. The lowest BCUT2D eigenvalue weighted by molar-refractivity contribution is -0.119. The number of pyridine rings is 2. The SMILES string of the molecule is CC.CC.CC.CC.CC.CC.CC(C)CC(=O)Cl.CC(C)CC(=O)Nc1ccccc1OCCc1ccc(CCC(=O)CCc2cccnc2)cc1.Nc1ccccc1OCCc1ccc(CCC(=O)CCc2cccnc2)cc1. The minimum Gasteiger partial charge on any atom is -0.491 e. The Kier molecular flexibility index (Phi) is 52.3. The number of carbonyl (C=O) groups excluding carboxylic acids is 4. The van der Waals surface area contributed by atoms with E-state index in [1.165, 1.54) is 16.7 Å². The second-order valence-corrected chi connectivity index (χ2v) is 18.2. The molecule has 81 heavy (non-hydrogen) atoms. The first kappa shape index (κ1) is 78.6. The van der Waals surface area contributed by atoms with E-state index in [9.17, 15) is 19.2 Å². The molecule has 1 amide bonds. The maximum Gasteiger partial charge on any atom is 0.224 e. The number of aryl methyl sites for hydroxylation is 4. The Morgan fingerprint density at radius 2 is 0.790 bits per heavy atom. The van der Waals surface area contributed by atoms with Crippen molar-refractivity contribution in [3.05, 3.63) is 179 Å². The molecule has 10 nitrogen and oxygen atoms in total. The molecular formula is C70H105ClN4O6. The summed E-state index contributed by atoms with van der Waals surface area (Å²) in [6.07, 6.45) is 15.0. The van der Waals surface area contributed by atoms with Crippen LogP contribution in [0.5, 0.6) is 11.5 Å². The Hall–Kier alpha value is -6.65. The highest BCUT2D eigenvalue weighted by molar-refractivity contribution is 6.63. The van der Waals surface area contributed by atoms with Crippen LogP contribution >= 0.6 is 11.6 Å². The summed E-state index contributed by atoms with van der Waals surface area (Å²) in [4.78, 5) is 54.6. The van der Waals surface area contributed by atoms with Crippen LogP contribution in [-0.2, 0) is 57.7 Å². The molecule has 0 saturated heterocycles. The number of hydrogen-bond donors (Lipinski definition) is 2. The molecule has 0 aliphatic carbocycles. The van der Waals surface area contributed by atoms with Crippen LogP contribution in [0, 0.1) is 11.8 Å². The molecule has 2 heterocycles. The van der Waals surface area contributed by atoms with E-state index in [1.807, 2.05) is 196 Å². The number of anilines is 2. The van der Waals surface area contributed by atoms with Crippen LogP contribution in [0.25, 0.3) is 0 Å². The number of benzene rings is 4. The molecule has 0 radical (unpaired) electrons. The number of para-hydroxylation sites is 4. The van der Waals surface area contributed by atoms with E-state index in [2.05, 4.69) is 63.8 Å². The average Bonchev–Trinajstić information content (AvgIpc) is 3.50. The molecule has 0 aliphatic heterocycles. The molecule has 0 spiro atoms. The Morgan fingerprint density at radius 1 is 0.444 bits per heavy atom. The second-order valence-electron chi connectivity index (χ2n) is 17.8. The van der Waals surface area contributed by atoms with Crippen molar-refractivity contribution in [2.45, 2.75) is 188 Å². The van der Waals surface area contributed by atoms with Gasteiger partial charge in [-0.3, -0.25) is 29.1 Å². The van der Waals surface area contributed by atoms with E-state index >= 15 is 0 Å². The number of halogens is 1. The molecule has 0 atom stereocenters. The molecule has 2 aromatic heterocycles. The normalized spacial score (nSPS) is 9.47. The molecule has 3 N–H and O–H groups in total. The molecule has 6 rings (SSSR count). The number of aromatic nitrogens is 2. The number of carbonyl (C=O) groups is 4. The van der Waals surface area contributed by atoms with Gasteiger partial charge in [-0.2, -0.15) is 0 Å². The zero-order valence-electron chi connectivity index (χ0n) is 52.7. The van der Waals surface area contributed by atoms with Crippen molar-refractivity contribution < 1.29 is 28.7 Å². The van der Waals surface area contributed by atoms with E-state index in [0.29, 0.717) is 86.5 Å². The van der Waals surface area contributed by atoms with Gasteiger partial charge in [-0.1, -0.05) is 196 Å². The van der Waals surface area contributed by atoms with Crippen molar-refractivity contribution in [3.8, 4) is 11.5 Å². The van der Waals surface area contributed by atoms with Gasteiger partial charge in [0.15, 0.2) is 0 Å². The lowest BCUT2D eigenvalue weighted by Gasteiger charge is -2.13. The van der Waals surface area contributed by atoms with Crippen LogP contribution in [-0.4, -0.2) is 45.9 Å². The van der Waals surface area contributed by atoms with Gasteiger partial charge in [0.25, 0.3) is 0 Å². The predicted octanol–water partition coefficient (Wildman–Crippen LogP) is 18.2. The van der Waals surface area contributed by atoms with Gasteiger partial charge in [0.2, 0.25) is 11.1 Å². The zero-order chi connectivity index (χ0) is 61.6. The van der Waals surface area contributed by atoms with Crippen molar-refractivity contribution in [1.29, 1.82) is 0 Å². The van der Waals surface area contributed by atoms with Crippen LogP contribution in [0.3, 0.4) is 0 Å². The number of rotatable bonds is 25. The largest absolute Gasteiger partial charge is 0.491 e. The van der Waals surface area contributed by atoms with E-state index in [4.69, 9.17) is 26.8 Å². The summed E-state index contributed by atoms with van der Waals surface area (Å²) in [5.74, 6) is 2.68. The van der Waals surface area contributed by atoms with Gasteiger partial charge >= 0.3 is 0 Å². The first-order valence-electron chi connectivity index (χ1n) is 30.0. The summed E-state index contributed by atoms with van der Waals surface area (Å²) in [5, 5.41) is 2.70. The van der Waals surface area contributed by atoms with Crippen molar-refractivity contribution in [1.82, 2.24) is 9.97 Å². The van der Waals surface area contributed by atoms with Gasteiger partial charge in [0.05, 0.1) is 24.6 Å². The van der Waals surface area contributed by atoms with E-state index in [-0.39, 0.29) is 16.9 Å². The first-order valence-corrected chi connectivity index (χ1v) is 30.3. The highest BCUT2D eigenvalue weighted by Crippen LogP contribution is 2.25. The number of amides is 1. The van der Waals surface area contributed by atoms with Crippen molar-refractivity contribution >= 4 is 45.7 Å². The third-order valence-corrected chi connectivity index (χ3v) is 11.0. The quantitative estimate of drug-likeness (QED) is 0.0422. The molecule has 0 saturated carbocycles. The topological polar surface area (TPSA) is 151 Å². The smallest absolute Gasteiger partial charge is 0.224 e. The van der Waals surface area contributed by atoms with Gasteiger partial charge in [-0.15, -0.1) is 0 Å². The van der Waals surface area contributed by atoms with Crippen LogP contribution in [0.15, 0.2) is 146 Å². The summed E-state index contributed by atoms with van der Waals surface area (Å²) in [7, 11) is 0. The summed E-state index contributed by atoms with van der Waals surface area (Å²) in [6.45, 7) is 33.1. The molecular weight excluding hydrogens is 1030 g/mol. The molecule has 448 valence electrons. The van der Waals surface area contributed by atoms with Gasteiger partial charge < -0.3 is 20.5 Å². The van der Waals surface area contributed by atoms with Gasteiger partial charge in [0, 0.05) is 76.2 Å². The summed E-state index contributed by atoms with van der Waals surface area (Å²) >= 11 is 5.03. The van der Waals surface area contributed by atoms with Crippen LogP contribution < -0.4 is 20.5 Å². The van der Waals surface area contributed by atoms with E-state index in [0.717, 1.165) is 61.0 Å². The zero-order valence-corrected chi connectivity index (χ0v) is 53.5. The highest BCUT2D eigenvalue weighted by atomic mass is 35.5. The lowest BCUT2D eigenvalue weighted by atomic mass is 10.0. The Morgan fingerprint density at radius 3 is 1.14 bits per heavy atom. The molecule has 0 fully saturated rings. The number of nitrogens with one attached hydrogen (secondary N) is 1. The summed E-state index contributed by atoms with van der Waals surface area (Å²) < 4.78 is 11.7. The average molecular weight is 1130 g/mol. The van der Waals surface area contributed by atoms with Crippen LogP contribution in [0.2, 0.25) is 0 Å². The molecule has 0 bridgehead atoms. The minimum atomic E-state index is -0.241. The minimum absolute atomic E-state index is 0.00260. The number of ether oxygens (including phenoxy) is 2.